The summed E-state index contributed by atoms with van der Waals surface area (Å²) in [6, 6.07) is 0.278. The monoisotopic (exact) mass is 227 g/mol. The van der Waals surface area contributed by atoms with Gasteiger partial charge < -0.3 is 10.4 Å². The molecule has 1 fully saturated rings. The van der Waals surface area contributed by atoms with Gasteiger partial charge >= 0.3 is 5.97 Å². The number of carbonyl (C=O) groups is 2. The lowest BCUT2D eigenvalue weighted by Crippen LogP contribution is -2.38. The second-order valence-corrected chi connectivity index (χ2v) is 4.57. The fourth-order valence-electron chi connectivity index (χ4n) is 2.27. The smallest absolute Gasteiger partial charge is 0.304 e. The predicted octanol–water partition coefficient (Wildman–Crippen LogP) is 1.94. The van der Waals surface area contributed by atoms with Gasteiger partial charge in [0.25, 0.3) is 0 Å². The van der Waals surface area contributed by atoms with Crippen LogP contribution < -0.4 is 5.32 Å². The predicted molar refractivity (Wildman–Crippen MR) is 61.0 cm³/mol. The number of amides is 1. The Balaban J connectivity index is 2.42. The fourth-order valence-corrected chi connectivity index (χ4v) is 2.27. The van der Waals surface area contributed by atoms with Crippen LogP contribution in [-0.2, 0) is 9.59 Å². The van der Waals surface area contributed by atoms with Gasteiger partial charge in [0.05, 0.1) is 6.42 Å². The van der Waals surface area contributed by atoms with E-state index in [9.17, 15) is 9.59 Å². The van der Waals surface area contributed by atoms with E-state index in [0.717, 1.165) is 19.3 Å². The minimum Gasteiger partial charge on any atom is -0.481 e. The average Bonchev–Trinajstić information content (AvgIpc) is 2.69. The number of carboxylic acids is 1. The van der Waals surface area contributed by atoms with E-state index in [0.29, 0.717) is 6.42 Å². The summed E-state index contributed by atoms with van der Waals surface area (Å²) in [4.78, 5) is 22.5. The first-order chi connectivity index (χ1) is 7.63. The molecule has 0 radical (unpaired) electrons. The summed E-state index contributed by atoms with van der Waals surface area (Å²) in [6.45, 7) is 1.97. The molecule has 0 heterocycles. The normalized spacial score (nSPS) is 18.3. The second-order valence-electron chi connectivity index (χ2n) is 4.57. The highest BCUT2D eigenvalue weighted by Crippen LogP contribution is 2.19. The lowest BCUT2D eigenvalue weighted by atomic mass is 9.98. The molecule has 4 nitrogen and oxygen atoms in total. The molecule has 0 bridgehead atoms. The molecule has 2 N–H and O–H groups in total. The van der Waals surface area contributed by atoms with Crippen molar-refractivity contribution in [3.8, 4) is 0 Å². The summed E-state index contributed by atoms with van der Waals surface area (Å²) < 4.78 is 0. The van der Waals surface area contributed by atoms with Gasteiger partial charge in [0, 0.05) is 12.0 Å². The minimum atomic E-state index is -0.889. The van der Waals surface area contributed by atoms with Crippen LogP contribution in [0.15, 0.2) is 0 Å². The van der Waals surface area contributed by atoms with Crippen LogP contribution in [0.1, 0.15) is 51.9 Å². The Morgan fingerprint density at radius 1 is 1.38 bits per heavy atom. The van der Waals surface area contributed by atoms with Crippen molar-refractivity contribution in [3.63, 3.8) is 0 Å². The molecule has 1 saturated carbocycles. The van der Waals surface area contributed by atoms with Crippen molar-refractivity contribution in [2.75, 3.05) is 0 Å². The Bertz CT molecular complexity index is 247. The van der Waals surface area contributed by atoms with E-state index in [1.54, 1.807) is 0 Å². The summed E-state index contributed by atoms with van der Waals surface area (Å²) in [5.74, 6) is -1.32. The van der Waals surface area contributed by atoms with Crippen molar-refractivity contribution < 1.29 is 14.7 Å². The first kappa shape index (κ1) is 13.0. The van der Waals surface area contributed by atoms with Crippen LogP contribution in [0.3, 0.4) is 0 Å². The Morgan fingerprint density at radius 3 is 2.50 bits per heavy atom. The SMILES string of the molecule is CCCC(CC(=O)O)C(=O)NC1CCCC1. The van der Waals surface area contributed by atoms with E-state index >= 15 is 0 Å². The average molecular weight is 227 g/mol. The molecule has 1 aliphatic carbocycles. The molecule has 1 atom stereocenters. The molecular formula is C12H21NO3. The quantitative estimate of drug-likeness (QED) is 0.728. The van der Waals surface area contributed by atoms with E-state index in [1.165, 1.54) is 12.8 Å². The van der Waals surface area contributed by atoms with Crippen LogP contribution in [0.4, 0.5) is 0 Å². The first-order valence-corrected chi connectivity index (χ1v) is 6.15. The van der Waals surface area contributed by atoms with E-state index in [1.807, 2.05) is 6.92 Å². The number of carboxylic acid groups (broad SMARTS) is 1. The van der Waals surface area contributed by atoms with Gasteiger partial charge in [-0.3, -0.25) is 9.59 Å². The van der Waals surface area contributed by atoms with Gasteiger partial charge in [-0.05, 0) is 19.3 Å². The molecule has 0 spiro atoms. The lowest BCUT2D eigenvalue weighted by molar-refractivity contribution is -0.141. The summed E-state index contributed by atoms with van der Waals surface area (Å²) >= 11 is 0. The number of aliphatic carboxylic acids is 1. The van der Waals surface area contributed by atoms with E-state index in [-0.39, 0.29) is 24.3 Å². The summed E-state index contributed by atoms with van der Waals surface area (Å²) in [6.07, 6.45) is 5.87. The van der Waals surface area contributed by atoms with Crippen LogP contribution >= 0.6 is 0 Å². The maximum absolute atomic E-state index is 11.9. The van der Waals surface area contributed by atoms with Crippen molar-refractivity contribution in [2.24, 2.45) is 5.92 Å². The number of hydrogen-bond acceptors (Lipinski definition) is 2. The summed E-state index contributed by atoms with van der Waals surface area (Å²) in [5, 5.41) is 11.7. The standard InChI is InChI=1S/C12H21NO3/c1-2-5-9(8-11(14)15)12(16)13-10-6-3-4-7-10/h9-10H,2-8H2,1H3,(H,13,16)(H,14,15). The summed E-state index contributed by atoms with van der Waals surface area (Å²) in [5.41, 5.74) is 0. The van der Waals surface area contributed by atoms with Crippen LogP contribution in [0, 0.1) is 5.92 Å². The number of carbonyl (C=O) groups excluding carboxylic acids is 1. The van der Waals surface area contributed by atoms with Crippen LogP contribution in [-0.4, -0.2) is 23.0 Å². The van der Waals surface area contributed by atoms with Gasteiger partial charge in [-0.15, -0.1) is 0 Å². The highest BCUT2D eigenvalue weighted by molar-refractivity contribution is 5.83. The molecule has 1 rings (SSSR count). The first-order valence-electron chi connectivity index (χ1n) is 6.15. The van der Waals surface area contributed by atoms with Gasteiger partial charge in [-0.25, -0.2) is 0 Å². The number of hydrogen-bond donors (Lipinski definition) is 2. The minimum absolute atomic E-state index is 0.0492. The topological polar surface area (TPSA) is 66.4 Å². The largest absolute Gasteiger partial charge is 0.481 e. The second kappa shape index (κ2) is 6.51. The highest BCUT2D eigenvalue weighted by Gasteiger charge is 2.24. The molecule has 92 valence electrons. The third-order valence-electron chi connectivity index (χ3n) is 3.13. The Hall–Kier alpha value is -1.06. The Labute approximate surface area is 96.4 Å². The van der Waals surface area contributed by atoms with Crippen molar-refractivity contribution in [2.45, 2.75) is 57.9 Å². The molecule has 0 saturated heterocycles. The van der Waals surface area contributed by atoms with Crippen LogP contribution in [0.2, 0.25) is 0 Å². The number of nitrogens with one attached hydrogen (secondary N) is 1. The van der Waals surface area contributed by atoms with Gasteiger partial charge in [-0.1, -0.05) is 26.2 Å². The van der Waals surface area contributed by atoms with Crippen LogP contribution in [0.5, 0.6) is 0 Å². The third-order valence-corrected chi connectivity index (χ3v) is 3.13. The molecule has 0 aromatic rings. The van der Waals surface area contributed by atoms with Crippen molar-refractivity contribution in [1.82, 2.24) is 5.32 Å². The fraction of sp³-hybridized carbons (Fsp3) is 0.833. The zero-order chi connectivity index (χ0) is 12.0. The lowest BCUT2D eigenvalue weighted by Gasteiger charge is -2.17. The molecule has 1 amide bonds. The zero-order valence-corrected chi connectivity index (χ0v) is 9.87. The van der Waals surface area contributed by atoms with Gasteiger partial charge in [0.2, 0.25) is 5.91 Å². The van der Waals surface area contributed by atoms with E-state index in [4.69, 9.17) is 5.11 Å². The molecule has 0 aromatic heterocycles. The third kappa shape index (κ3) is 4.21. The van der Waals surface area contributed by atoms with Gasteiger partial charge in [0.15, 0.2) is 0 Å². The Morgan fingerprint density at radius 2 is 2.00 bits per heavy atom. The van der Waals surface area contributed by atoms with Crippen molar-refractivity contribution in [1.29, 1.82) is 0 Å². The number of rotatable bonds is 6. The van der Waals surface area contributed by atoms with Crippen LogP contribution in [0.25, 0.3) is 0 Å². The molecular weight excluding hydrogens is 206 g/mol. The molecule has 1 aliphatic rings. The Kier molecular flexibility index (Phi) is 5.29. The maximum Gasteiger partial charge on any atom is 0.304 e. The van der Waals surface area contributed by atoms with Gasteiger partial charge in [-0.2, -0.15) is 0 Å². The molecule has 0 aliphatic heterocycles. The molecule has 4 heteroatoms. The zero-order valence-electron chi connectivity index (χ0n) is 9.87. The summed E-state index contributed by atoms with van der Waals surface area (Å²) in [7, 11) is 0. The highest BCUT2D eigenvalue weighted by atomic mass is 16.4. The molecule has 0 aromatic carbocycles. The molecule has 16 heavy (non-hydrogen) atoms. The maximum atomic E-state index is 11.9. The molecule has 1 unspecified atom stereocenters. The van der Waals surface area contributed by atoms with Crippen molar-refractivity contribution in [3.05, 3.63) is 0 Å². The van der Waals surface area contributed by atoms with E-state index in [2.05, 4.69) is 5.32 Å². The van der Waals surface area contributed by atoms with Gasteiger partial charge in [0.1, 0.15) is 0 Å². The van der Waals surface area contributed by atoms with E-state index < -0.39 is 5.97 Å². The van der Waals surface area contributed by atoms with Crippen molar-refractivity contribution >= 4 is 11.9 Å².